The lowest BCUT2D eigenvalue weighted by Crippen LogP contribution is -2.41. The predicted molar refractivity (Wildman–Crippen MR) is 78.1 cm³/mol. The second-order valence-corrected chi connectivity index (χ2v) is 5.13. The number of nitrogens with zero attached hydrogens (tertiary/aromatic N) is 1. The van der Waals surface area contributed by atoms with E-state index >= 15 is 0 Å². The van der Waals surface area contributed by atoms with E-state index in [-0.39, 0.29) is 12.3 Å². The summed E-state index contributed by atoms with van der Waals surface area (Å²) in [5.41, 5.74) is 6.86. The predicted octanol–water partition coefficient (Wildman–Crippen LogP) is 1.90. The summed E-state index contributed by atoms with van der Waals surface area (Å²) in [6, 6.07) is 1.63. The third-order valence-corrected chi connectivity index (χ3v) is 3.38. The van der Waals surface area contributed by atoms with Crippen molar-refractivity contribution >= 4 is 11.8 Å². The van der Waals surface area contributed by atoms with E-state index in [9.17, 15) is 9.59 Å². The van der Waals surface area contributed by atoms with Crippen LogP contribution in [0.5, 0.6) is 0 Å². The van der Waals surface area contributed by atoms with Crippen LogP contribution in [-0.4, -0.2) is 17.0 Å². The largest absolute Gasteiger partial charge is 0.466 e. The van der Waals surface area contributed by atoms with E-state index in [4.69, 9.17) is 8.94 Å². The molecule has 0 atom stereocenters. The highest BCUT2D eigenvalue weighted by molar-refractivity contribution is 5.96. The quantitative estimate of drug-likeness (QED) is 0.841. The lowest BCUT2D eigenvalue weighted by molar-refractivity contribution is -0.121. The number of hydrazine groups is 1. The minimum atomic E-state index is -0.403. The number of rotatable bonds is 4. The van der Waals surface area contributed by atoms with Gasteiger partial charge in [-0.15, -0.1) is 0 Å². The molecule has 2 amide bonds. The molecule has 2 N–H and O–H groups in total. The summed E-state index contributed by atoms with van der Waals surface area (Å²) in [6.45, 7) is 7.09. The first kappa shape index (κ1) is 15.8. The molecule has 0 bridgehead atoms. The number of carbonyl (C=O) groups excluding carboxylic acids is 2. The maximum absolute atomic E-state index is 11.9. The number of hydrogen-bond donors (Lipinski definition) is 2. The molecule has 0 aliphatic heterocycles. The van der Waals surface area contributed by atoms with Gasteiger partial charge in [0.05, 0.1) is 11.3 Å². The van der Waals surface area contributed by atoms with Crippen molar-refractivity contribution in [2.75, 3.05) is 0 Å². The van der Waals surface area contributed by atoms with E-state index in [0.717, 1.165) is 11.3 Å². The number of furan rings is 1. The fourth-order valence-corrected chi connectivity index (χ4v) is 2.21. The number of aryl methyl sites for hydroxylation is 4. The summed E-state index contributed by atoms with van der Waals surface area (Å²) < 4.78 is 10.3. The normalized spacial score (nSPS) is 10.5. The Kier molecular flexibility index (Phi) is 4.65. The van der Waals surface area contributed by atoms with E-state index in [1.54, 1.807) is 26.8 Å². The molecule has 118 valence electrons. The van der Waals surface area contributed by atoms with Crippen molar-refractivity contribution in [1.29, 1.82) is 0 Å². The van der Waals surface area contributed by atoms with E-state index in [2.05, 4.69) is 16.0 Å². The van der Waals surface area contributed by atoms with Crippen LogP contribution in [-0.2, 0) is 11.2 Å². The molecule has 0 saturated carbocycles. The fourth-order valence-electron chi connectivity index (χ4n) is 2.21. The Hall–Kier alpha value is -2.57. The van der Waals surface area contributed by atoms with Gasteiger partial charge in [0.1, 0.15) is 17.3 Å². The fraction of sp³-hybridized carbons (Fsp3) is 0.400. The van der Waals surface area contributed by atoms with E-state index in [0.29, 0.717) is 29.3 Å². The molecule has 2 aromatic rings. The van der Waals surface area contributed by atoms with Gasteiger partial charge in [-0.25, -0.2) is 0 Å². The zero-order valence-electron chi connectivity index (χ0n) is 13.1. The van der Waals surface area contributed by atoms with Crippen LogP contribution in [0, 0.1) is 27.7 Å². The maximum atomic E-state index is 11.9. The summed E-state index contributed by atoms with van der Waals surface area (Å²) in [7, 11) is 0. The van der Waals surface area contributed by atoms with Crippen molar-refractivity contribution in [3.63, 3.8) is 0 Å². The molecule has 0 unspecified atom stereocenters. The summed E-state index contributed by atoms with van der Waals surface area (Å²) in [5, 5.41) is 3.83. The molecule has 2 aromatic heterocycles. The number of carbonyl (C=O) groups is 2. The molecule has 0 saturated heterocycles. The molecular weight excluding hydrogens is 286 g/mol. The van der Waals surface area contributed by atoms with Crippen molar-refractivity contribution in [3.8, 4) is 0 Å². The first-order valence-electron chi connectivity index (χ1n) is 6.96. The molecule has 7 nitrogen and oxygen atoms in total. The molecule has 22 heavy (non-hydrogen) atoms. The highest BCUT2D eigenvalue weighted by Gasteiger charge is 2.15. The van der Waals surface area contributed by atoms with E-state index in [1.807, 2.05) is 6.92 Å². The van der Waals surface area contributed by atoms with Crippen molar-refractivity contribution in [2.24, 2.45) is 0 Å². The Labute approximate surface area is 128 Å². The van der Waals surface area contributed by atoms with Crippen LogP contribution in [0.3, 0.4) is 0 Å². The molecule has 0 radical (unpaired) electrons. The number of hydrogen-bond acceptors (Lipinski definition) is 5. The summed E-state index contributed by atoms with van der Waals surface area (Å²) in [5.74, 6) is 1.18. The number of amides is 2. The van der Waals surface area contributed by atoms with Crippen LogP contribution in [0.2, 0.25) is 0 Å². The zero-order chi connectivity index (χ0) is 16.3. The first-order valence-corrected chi connectivity index (χ1v) is 6.96. The number of aromatic nitrogens is 1. The number of nitrogens with one attached hydrogen (secondary N) is 2. The lowest BCUT2D eigenvalue weighted by atomic mass is 10.1. The molecule has 0 spiro atoms. The Morgan fingerprint density at radius 2 is 1.86 bits per heavy atom. The third kappa shape index (κ3) is 3.55. The molecule has 2 rings (SSSR count). The van der Waals surface area contributed by atoms with Crippen LogP contribution in [0.4, 0.5) is 0 Å². The zero-order valence-corrected chi connectivity index (χ0v) is 13.1. The highest BCUT2D eigenvalue weighted by Crippen LogP contribution is 2.14. The second kappa shape index (κ2) is 6.46. The maximum Gasteiger partial charge on any atom is 0.273 e. The molecule has 0 aliphatic carbocycles. The van der Waals surface area contributed by atoms with Crippen molar-refractivity contribution < 1.29 is 18.5 Å². The van der Waals surface area contributed by atoms with Gasteiger partial charge >= 0.3 is 0 Å². The topological polar surface area (TPSA) is 97.4 Å². The Bertz CT molecular complexity index is 680. The van der Waals surface area contributed by atoms with Crippen LogP contribution in [0.15, 0.2) is 15.0 Å². The Balaban J connectivity index is 1.83. The second-order valence-electron chi connectivity index (χ2n) is 5.13. The van der Waals surface area contributed by atoms with Gasteiger partial charge in [0, 0.05) is 12.0 Å². The van der Waals surface area contributed by atoms with Gasteiger partial charge in [-0.1, -0.05) is 5.16 Å². The minimum Gasteiger partial charge on any atom is -0.466 e. The van der Waals surface area contributed by atoms with Gasteiger partial charge in [-0.3, -0.25) is 20.4 Å². The van der Waals surface area contributed by atoms with Gasteiger partial charge in [-0.2, -0.15) is 0 Å². The van der Waals surface area contributed by atoms with Crippen LogP contribution >= 0.6 is 0 Å². The molecule has 7 heteroatoms. The van der Waals surface area contributed by atoms with Gasteiger partial charge in [0.15, 0.2) is 0 Å². The van der Waals surface area contributed by atoms with Crippen molar-refractivity contribution in [3.05, 3.63) is 40.2 Å². The molecule has 0 fully saturated rings. The molecule has 0 aromatic carbocycles. The van der Waals surface area contributed by atoms with Crippen molar-refractivity contribution in [1.82, 2.24) is 16.0 Å². The smallest absolute Gasteiger partial charge is 0.273 e. The van der Waals surface area contributed by atoms with Crippen molar-refractivity contribution in [2.45, 2.75) is 40.5 Å². The van der Waals surface area contributed by atoms with E-state index in [1.165, 1.54) is 0 Å². The Morgan fingerprint density at radius 1 is 1.14 bits per heavy atom. The lowest BCUT2D eigenvalue weighted by Gasteiger charge is -2.06. The monoisotopic (exact) mass is 305 g/mol. The molecular formula is C15H19N3O4. The SMILES string of the molecule is Cc1cc(C(=O)NNC(=O)CCc2c(C)noc2C)c(C)o1. The van der Waals surface area contributed by atoms with E-state index < -0.39 is 5.91 Å². The van der Waals surface area contributed by atoms with Crippen LogP contribution in [0.1, 0.15) is 45.3 Å². The third-order valence-electron chi connectivity index (χ3n) is 3.38. The van der Waals surface area contributed by atoms with Gasteiger partial charge in [0.25, 0.3) is 5.91 Å². The summed E-state index contributed by atoms with van der Waals surface area (Å²) in [6.07, 6.45) is 0.735. The average Bonchev–Trinajstić information content (AvgIpc) is 2.96. The standard InChI is InChI=1S/C15H19N3O4/c1-8-7-13(10(3)21-8)15(20)17-16-14(19)6-5-12-9(2)18-22-11(12)4/h7H,5-6H2,1-4H3,(H,16,19)(H,17,20). The first-order chi connectivity index (χ1) is 10.4. The van der Waals surface area contributed by atoms with Crippen LogP contribution < -0.4 is 10.9 Å². The molecule has 2 heterocycles. The van der Waals surface area contributed by atoms with Gasteiger partial charge in [-0.05, 0) is 40.2 Å². The Morgan fingerprint density at radius 3 is 2.41 bits per heavy atom. The van der Waals surface area contributed by atoms with Gasteiger partial charge < -0.3 is 8.94 Å². The summed E-state index contributed by atoms with van der Waals surface area (Å²) >= 11 is 0. The average molecular weight is 305 g/mol. The summed E-state index contributed by atoms with van der Waals surface area (Å²) in [4.78, 5) is 23.7. The van der Waals surface area contributed by atoms with Crippen LogP contribution in [0.25, 0.3) is 0 Å². The van der Waals surface area contributed by atoms with Gasteiger partial charge in [0.2, 0.25) is 5.91 Å². The highest BCUT2D eigenvalue weighted by atomic mass is 16.5. The molecule has 0 aliphatic rings. The minimum absolute atomic E-state index is 0.229.